The van der Waals surface area contributed by atoms with E-state index >= 15 is 0 Å². The highest BCUT2D eigenvalue weighted by molar-refractivity contribution is 7.11. The monoisotopic (exact) mass is 296 g/mol. The predicted molar refractivity (Wildman–Crippen MR) is 85.5 cm³/mol. The Balaban J connectivity index is 1.89. The molecule has 1 unspecified atom stereocenters. The molecule has 1 aliphatic rings. The lowest BCUT2D eigenvalue weighted by Crippen LogP contribution is -2.25. The van der Waals surface area contributed by atoms with Crippen molar-refractivity contribution in [3.05, 3.63) is 15.6 Å². The zero-order valence-corrected chi connectivity index (χ0v) is 13.7. The van der Waals surface area contributed by atoms with Crippen LogP contribution in [0.3, 0.4) is 0 Å². The Labute approximate surface area is 127 Å². The van der Waals surface area contributed by atoms with E-state index in [0.29, 0.717) is 6.04 Å². The van der Waals surface area contributed by atoms with E-state index in [0.717, 1.165) is 13.2 Å². The molecule has 1 N–H and O–H groups in total. The van der Waals surface area contributed by atoms with E-state index in [1.807, 2.05) is 11.3 Å². The Bertz CT molecular complexity index is 370. The van der Waals surface area contributed by atoms with E-state index in [1.54, 1.807) is 7.11 Å². The van der Waals surface area contributed by atoms with Crippen molar-refractivity contribution < 1.29 is 4.74 Å². The summed E-state index contributed by atoms with van der Waals surface area (Å²) in [6.45, 7) is 3.95. The Kier molecular flexibility index (Phi) is 6.97. The van der Waals surface area contributed by atoms with Crippen LogP contribution < -0.4 is 5.32 Å². The number of nitrogens with one attached hydrogen (secondary N) is 1. The molecule has 20 heavy (non-hydrogen) atoms. The SMILES string of the molecule is CCCCCCC(NCCOC)c1nc2c(s1)CCC2. The van der Waals surface area contributed by atoms with Gasteiger partial charge in [0.05, 0.1) is 18.3 Å². The van der Waals surface area contributed by atoms with Gasteiger partial charge < -0.3 is 10.1 Å². The summed E-state index contributed by atoms with van der Waals surface area (Å²) in [7, 11) is 1.76. The van der Waals surface area contributed by atoms with Gasteiger partial charge in [-0.05, 0) is 25.7 Å². The first kappa shape index (κ1) is 15.9. The van der Waals surface area contributed by atoms with Crippen molar-refractivity contribution in [1.29, 1.82) is 0 Å². The van der Waals surface area contributed by atoms with Gasteiger partial charge >= 0.3 is 0 Å². The number of fused-ring (bicyclic) bond motifs is 1. The number of unbranched alkanes of at least 4 members (excludes halogenated alkanes) is 3. The van der Waals surface area contributed by atoms with Crippen LogP contribution in [0, 0.1) is 0 Å². The van der Waals surface area contributed by atoms with Crippen LogP contribution in [0.5, 0.6) is 0 Å². The highest BCUT2D eigenvalue weighted by Crippen LogP contribution is 2.32. The average Bonchev–Trinajstić information content (AvgIpc) is 3.02. The lowest BCUT2D eigenvalue weighted by molar-refractivity contribution is 0.194. The molecule has 0 bridgehead atoms. The number of thiazole rings is 1. The second-order valence-electron chi connectivity index (χ2n) is 5.62. The van der Waals surface area contributed by atoms with Crippen LogP contribution in [0.4, 0.5) is 0 Å². The summed E-state index contributed by atoms with van der Waals surface area (Å²) in [5, 5.41) is 4.93. The number of hydrogen-bond donors (Lipinski definition) is 1. The first-order valence-corrected chi connectivity index (χ1v) is 8.87. The zero-order chi connectivity index (χ0) is 14.2. The van der Waals surface area contributed by atoms with Gasteiger partial charge in [0.1, 0.15) is 5.01 Å². The number of aromatic nitrogens is 1. The quantitative estimate of drug-likeness (QED) is 0.665. The Morgan fingerprint density at radius 2 is 2.20 bits per heavy atom. The summed E-state index contributed by atoms with van der Waals surface area (Å²) in [5.41, 5.74) is 1.37. The van der Waals surface area contributed by atoms with Crippen molar-refractivity contribution in [2.24, 2.45) is 0 Å². The summed E-state index contributed by atoms with van der Waals surface area (Å²) >= 11 is 1.94. The second kappa shape index (κ2) is 8.75. The van der Waals surface area contributed by atoms with Crippen LogP contribution in [-0.2, 0) is 17.6 Å². The predicted octanol–water partition coefficient (Wildman–Crippen LogP) is 3.88. The third-order valence-electron chi connectivity index (χ3n) is 3.95. The van der Waals surface area contributed by atoms with Crippen LogP contribution in [0.15, 0.2) is 0 Å². The fourth-order valence-electron chi connectivity index (χ4n) is 2.78. The van der Waals surface area contributed by atoms with Gasteiger partial charge in [-0.1, -0.05) is 32.6 Å². The normalized spacial score (nSPS) is 15.5. The Morgan fingerprint density at radius 1 is 1.30 bits per heavy atom. The number of hydrogen-bond acceptors (Lipinski definition) is 4. The van der Waals surface area contributed by atoms with Crippen LogP contribution in [-0.4, -0.2) is 25.2 Å². The molecule has 0 aromatic carbocycles. The summed E-state index contributed by atoms with van der Waals surface area (Å²) < 4.78 is 5.15. The summed E-state index contributed by atoms with van der Waals surface area (Å²) in [5.74, 6) is 0. The van der Waals surface area contributed by atoms with Gasteiger partial charge in [-0.2, -0.15) is 0 Å². The first-order chi connectivity index (χ1) is 9.85. The molecule has 0 fully saturated rings. The van der Waals surface area contributed by atoms with Gasteiger partial charge in [0.25, 0.3) is 0 Å². The minimum absolute atomic E-state index is 0.428. The van der Waals surface area contributed by atoms with E-state index in [2.05, 4.69) is 12.2 Å². The van der Waals surface area contributed by atoms with Crippen LogP contribution in [0.25, 0.3) is 0 Å². The summed E-state index contributed by atoms with van der Waals surface area (Å²) in [4.78, 5) is 6.42. The number of nitrogens with zero attached hydrogens (tertiary/aromatic N) is 1. The molecule has 0 aliphatic heterocycles. The van der Waals surface area contributed by atoms with Crippen molar-refractivity contribution in [3.63, 3.8) is 0 Å². The fraction of sp³-hybridized carbons (Fsp3) is 0.812. The zero-order valence-electron chi connectivity index (χ0n) is 12.9. The molecule has 114 valence electrons. The summed E-state index contributed by atoms with van der Waals surface area (Å²) in [6, 6.07) is 0.428. The number of rotatable bonds is 10. The molecule has 1 aliphatic carbocycles. The molecule has 1 aromatic heterocycles. The molecular weight excluding hydrogens is 268 g/mol. The topological polar surface area (TPSA) is 34.1 Å². The van der Waals surface area contributed by atoms with Gasteiger partial charge in [0.2, 0.25) is 0 Å². The largest absolute Gasteiger partial charge is 0.383 e. The van der Waals surface area contributed by atoms with E-state index in [9.17, 15) is 0 Å². The second-order valence-corrected chi connectivity index (χ2v) is 6.74. The maximum absolute atomic E-state index is 5.15. The van der Waals surface area contributed by atoms with Gasteiger partial charge in [-0.3, -0.25) is 0 Å². The fourth-order valence-corrected chi connectivity index (χ4v) is 4.05. The molecule has 0 saturated carbocycles. The lowest BCUT2D eigenvalue weighted by Gasteiger charge is -2.16. The van der Waals surface area contributed by atoms with Crippen LogP contribution in [0.2, 0.25) is 0 Å². The summed E-state index contributed by atoms with van der Waals surface area (Å²) in [6.07, 6.45) is 10.2. The highest BCUT2D eigenvalue weighted by Gasteiger charge is 2.21. The van der Waals surface area contributed by atoms with Crippen molar-refractivity contribution in [1.82, 2.24) is 10.3 Å². The van der Waals surface area contributed by atoms with Crippen molar-refractivity contribution >= 4 is 11.3 Å². The molecular formula is C16H28N2OS. The van der Waals surface area contributed by atoms with Crippen molar-refractivity contribution in [3.8, 4) is 0 Å². The van der Waals surface area contributed by atoms with Crippen molar-refractivity contribution in [2.45, 2.75) is 64.3 Å². The number of ether oxygens (including phenoxy) is 1. The molecule has 0 spiro atoms. The molecule has 1 aromatic rings. The standard InChI is InChI=1S/C16H28N2OS/c1-3-4-5-6-8-14(17-11-12-19-2)16-18-13-9-7-10-15(13)20-16/h14,17H,3-12H2,1-2H3. The molecule has 0 radical (unpaired) electrons. The molecule has 0 saturated heterocycles. The van der Waals surface area contributed by atoms with Gasteiger partial charge in [0.15, 0.2) is 0 Å². The van der Waals surface area contributed by atoms with Crippen molar-refractivity contribution in [2.75, 3.05) is 20.3 Å². The van der Waals surface area contributed by atoms with Crippen LogP contribution in [0.1, 0.15) is 67.1 Å². The minimum Gasteiger partial charge on any atom is -0.383 e. The number of aryl methyl sites for hydroxylation is 2. The van der Waals surface area contributed by atoms with Gasteiger partial charge in [0, 0.05) is 18.5 Å². The van der Waals surface area contributed by atoms with E-state index in [4.69, 9.17) is 9.72 Å². The average molecular weight is 296 g/mol. The maximum atomic E-state index is 5.15. The minimum atomic E-state index is 0.428. The highest BCUT2D eigenvalue weighted by atomic mass is 32.1. The molecule has 3 nitrogen and oxygen atoms in total. The van der Waals surface area contributed by atoms with Gasteiger partial charge in [-0.25, -0.2) is 4.98 Å². The molecule has 1 heterocycles. The lowest BCUT2D eigenvalue weighted by atomic mass is 10.1. The Hall–Kier alpha value is -0.450. The molecule has 1 atom stereocenters. The molecule has 0 amide bonds. The Morgan fingerprint density at radius 3 is 2.95 bits per heavy atom. The number of methoxy groups -OCH3 is 1. The smallest absolute Gasteiger partial charge is 0.110 e. The van der Waals surface area contributed by atoms with Crippen LogP contribution >= 0.6 is 11.3 Å². The van der Waals surface area contributed by atoms with Gasteiger partial charge in [-0.15, -0.1) is 11.3 Å². The maximum Gasteiger partial charge on any atom is 0.110 e. The van der Waals surface area contributed by atoms with E-state index in [1.165, 1.54) is 66.9 Å². The molecule has 2 rings (SSSR count). The third-order valence-corrected chi connectivity index (χ3v) is 5.22. The van der Waals surface area contributed by atoms with E-state index < -0.39 is 0 Å². The molecule has 4 heteroatoms. The first-order valence-electron chi connectivity index (χ1n) is 8.06. The van der Waals surface area contributed by atoms with E-state index in [-0.39, 0.29) is 0 Å². The third kappa shape index (κ3) is 4.54.